The summed E-state index contributed by atoms with van der Waals surface area (Å²) in [5.74, 6) is -1.34. The van der Waals surface area contributed by atoms with Gasteiger partial charge in [-0.15, -0.1) is 0 Å². The maximum absolute atomic E-state index is 12.8. The minimum atomic E-state index is -1.18. The molecule has 8 heteroatoms. The molecule has 1 aliphatic carbocycles. The average molecular weight is 398 g/mol. The van der Waals surface area contributed by atoms with E-state index < -0.39 is 17.7 Å². The molecule has 1 saturated carbocycles. The standard InChI is InChI=1S/C21H25N3O5/c25-18(23-11-3-6-17(23)20(27)28)14-9-7-13(8-10-14)12-24-19(26)15-4-1-2-5-16(15)22-21(24)29/h1-2,4-5,13-14,17H,3,6-12H2,(H,22,29)(H,27,28)/p-1/t13?,14?,17-/m0/s1. The normalized spacial score (nSPS) is 24.7. The summed E-state index contributed by atoms with van der Waals surface area (Å²) in [7, 11) is 0. The molecule has 1 aromatic carbocycles. The molecular weight excluding hydrogens is 374 g/mol. The van der Waals surface area contributed by atoms with Gasteiger partial charge < -0.3 is 19.8 Å². The number of amides is 1. The minimum absolute atomic E-state index is 0.101. The quantitative estimate of drug-likeness (QED) is 0.792. The highest BCUT2D eigenvalue weighted by Gasteiger charge is 2.35. The summed E-state index contributed by atoms with van der Waals surface area (Å²) in [5, 5.41) is 11.7. The predicted molar refractivity (Wildman–Crippen MR) is 104 cm³/mol. The van der Waals surface area contributed by atoms with E-state index in [1.807, 2.05) is 0 Å². The number of carboxylic acid groups (broad SMARTS) is 1. The van der Waals surface area contributed by atoms with Gasteiger partial charge in [0, 0.05) is 19.0 Å². The van der Waals surface area contributed by atoms with Crippen LogP contribution >= 0.6 is 0 Å². The van der Waals surface area contributed by atoms with Crippen LogP contribution in [0.2, 0.25) is 0 Å². The van der Waals surface area contributed by atoms with Gasteiger partial charge in [0.15, 0.2) is 0 Å². The molecule has 0 bridgehead atoms. The third kappa shape index (κ3) is 3.71. The van der Waals surface area contributed by atoms with Crippen LogP contribution in [0, 0.1) is 11.8 Å². The Morgan fingerprint density at radius 1 is 1.07 bits per heavy atom. The fourth-order valence-corrected chi connectivity index (χ4v) is 4.72. The van der Waals surface area contributed by atoms with Gasteiger partial charge in [0.25, 0.3) is 5.56 Å². The Hall–Kier alpha value is -2.90. The Balaban J connectivity index is 1.43. The molecule has 8 nitrogen and oxygen atoms in total. The number of nitrogens with zero attached hydrogens (tertiary/aromatic N) is 2. The molecule has 2 fully saturated rings. The van der Waals surface area contributed by atoms with Gasteiger partial charge in [0.2, 0.25) is 5.91 Å². The smallest absolute Gasteiger partial charge is 0.328 e. The van der Waals surface area contributed by atoms with Gasteiger partial charge >= 0.3 is 5.69 Å². The number of rotatable bonds is 4. The van der Waals surface area contributed by atoms with Crippen molar-refractivity contribution in [1.29, 1.82) is 0 Å². The summed E-state index contributed by atoms with van der Waals surface area (Å²) in [6, 6.07) is 6.13. The molecule has 29 heavy (non-hydrogen) atoms. The topological polar surface area (TPSA) is 115 Å². The molecule has 4 rings (SSSR count). The highest BCUT2D eigenvalue weighted by atomic mass is 16.4. The van der Waals surface area contributed by atoms with E-state index in [0.717, 1.165) is 12.8 Å². The van der Waals surface area contributed by atoms with E-state index in [0.29, 0.717) is 49.7 Å². The summed E-state index contributed by atoms with van der Waals surface area (Å²) in [6.45, 7) is 0.796. The number of hydrogen-bond donors (Lipinski definition) is 1. The highest BCUT2D eigenvalue weighted by Crippen LogP contribution is 2.32. The van der Waals surface area contributed by atoms with E-state index >= 15 is 0 Å². The van der Waals surface area contributed by atoms with E-state index in [1.165, 1.54) is 9.47 Å². The molecular formula is C21H24N3O5-. The number of H-pyrrole nitrogens is 1. The van der Waals surface area contributed by atoms with Crippen LogP contribution in [0.15, 0.2) is 33.9 Å². The number of hydrogen-bond acceptors (Lipinski definition) is 5. The largest absolute Gasteiger partial charge is 0.548 e. The lowest BCUT2D eigenvalue weighted by Gasteiger charge is -2.33. The van der Waals surface area contributed by atoms with Gasteiger partial charge in [-0.2, -0.15) is 0 Å². The number of carbonyl (C=O) groups is 2. The maximum atomic E-state index is 12.8. The number of aromatic nitrogens is 2. The third-order valence-corrected chi connectivity index (χ3v) is 6.33. The first-order valence-electron chi connectivity index (χ1n) is 10.2. The molecule has 1 atom stereocenters. The first kappa shape index (κ1) is 19.4. The predicted octanol–water partition coefficient (Wildman–Crippen LogP) is 0.237. The van der Waals surface area contributed by atoms with Crippen molar-refractivity contribution in [3.05, 3.63) is 45.1 Å². The van der Waals surface area contributed by atoms with Crippen LogP contribution in [0.1, 0.15) is 38.5 Å². The molecule has 0 unspecified atom stereocenters. The van der Waals surface area contributed by atoms with Crippen LogP contribution in [0.25, 0.3) is 10.9 Å². The molecule has 1 N–H and O–H groups in total. The molecule has 2 heterocycles. The third-order valence-electron chi connectivity index (χ3n) is 6.33. The van der Waals surface area contributed by atoms with Crippen molar-refractivity contribution in [2.75, 3.05) is 6.54 Å². The Kier molecular flexibility index (Phi) is 5.25. The van der Waals surface area contributed by atoms with Crippen molar-refractivity contribution in [2.45, 2.75) is 51.1 Å². The van der Waals surface area contributed by atoms with Crippen molar-refractivity contribution in [3.63, 3.8) is 0 Å². The van der Waals surface area contributed by atoms with Crippen molar-refractivity contribution >= 4 is 22.8 Å². The average Bonchev–Trinajstić information content (AvgIpc) is 3.21. The number of aliphatic carboxylic acids is 1. The van der Waals surface area contributed by atoms with Crippen molar-refractivity contribution in [1.82, 2.24) is 14.5 Å². The van der Waals surface area contributed by atoms with E-state index in [2.05, 4.69) is 4.98 Å². The summed E-state index contributed by atoms with van der Waals surface area (Å²) in [4.78, 5) is 53.3. The molecule has 1 aromatic heterocycles. The number of nitrogens with one attached hydrogen (secondary N) is 1. The number of carbonyl (C=O) groups excluding carboxylic acids is 2. The van der Waals surface area contributed by atoms with Gasteiger partial charge in [-0.25, -0.2) is 4.79 Å². The fraction of sp³-hybridized carbons (Fsp3) is 0.524. The SMILES string of the molecule is O=C([O-])[C@@H]1CCCN1C(=O)C1CCC(Cn2c(=O)[nH]c3ccccc3c2=O)CC1. The van der Waals surface area contributed by atoms with Crippen LogP contribution in [0.4, 0.5) is 0 Å². The maximum Gasteiger partial charge on any atom is 0.328 e. The second-order valence-electron chi connectivity index (χ2n) is 8.12. The van der Waals surface area contributed by atoms with Gasteiger partial charge in [-0.3, -0.25) is 14.2 Å². The lowest BCUT2D eigenvalue weighted by Crippen LogP contribution is -2.49. The zero-order valence-electron chi connectivity index (χ0n) is 16.1. The van der Waals surface area contributed by atoms with Gasteiger partial charge in [0.05, 0.1) is 22.9 Å². The van der Waals surface area contributed by atoms with Gasteiger partial charge in [-0.1, -0.05) is 12.1 Å². The first-order chi connectivity index (χ1) is 14.0. The van der Waals surface area contributed by atoms with Crippen LogP contribution < -0.4 is 16.4 Å². The Morgan fingerprint density at radius 2 is 1.79 bits per heavy atom. The van der Waals surface area contributed by atoms with Gasteiger partial charge in [-0.05, 0) is 56.6 Å². The molecule has 1 saturated heterocycles. The Morgan fingerprint density at radius 3 is 2.52 bits per heavy atom. The van der Waals surface area contributed by atoms with E-state index in [-0.39, 0.29) is 23.3 Å². The number of fused-ring (bicyclic) bond motifs is 1. The molecule has 0 radical (unpaired) electrons. The number of para-hydroxylation sites is 1. The molecule has 2 aromatic rings. The molecule has 0 spiro atoms. The summed E-state index contributed by atoms with van der Waals surface area (Å²) in [6.07, 6.45) is 3.86. The van der Waals surface area contributed by atoms with Crippen LogP contribution in [-0.4, -0.2) is 38.9 Å². The molecule has 154 valence electrons. The van der Waals surface area contributed by atoms with Crippen molar-refractivity contribution < 1.29 is 14.7 Å². The first-order valence-corrected chi connectivity index (χ1v) is 10.2. The van der Waals surface area contributed by atoms with Crippen molar-refractivity contribution in [3.8, 4) is 0 Å². The van der Waals surface area contributed by atoms with Crippen molar-refractivity contribution in [2.24, 2.45) is 11.8 Å². The van der Waals surface area contributed by atoms with Crippen LogP contribution in [0.5, 0.6) is 0 Å². The Bertz CT molecular complexity index is 1050. The highest BCUT2D eigenvalue weighted by molar-refractivity contribution is 5.85. The molecule has 2 aliphatic rings. The second kappa shape index (κ2) is 7.85. The number of likely N-dealkylation sites (tertiary alicyclic amines) is 1. The fourth-order valence-electron chi connectivity index (χ4n) is 4.72. The minimum Gasteiger partial charge on any atom is -0.548 e. The monoisotopic (exact) mass is 398 g/mol. The number of aromatic amines is 1. The second-order valence-corrected chi connectivity index (χ2v) is 8.12. The van der Waals surface area contributed by atoms with E-state index in [4.69, 9.17) is 0 Å². The summed E-state index contributed by atoms with van der Waals surface area (Å²) >= 11 is 0. The summed E-state index contributed by atoms with van der Waals surface area (Å²) in [5.41, 5.74) is -0.182. The van der Waals surface area contributed by atoms with E-state index in [1.54, 1.807) is 24.3 Å². The van der Waals surface area contributed by atoms with Gasteiger partial charge in [0.1, 0.15) is 0 Å². The molecule has 1 aliphatic heterocycles. The summed E-state index contributed by atoms with van der Waals surface area (Å²) < 4.78 is 1.25. The zero-order valence-corrected chi connectivity index (χ0v) is 16.1. The lowest BCUT2D eigenvalue weighted by molar-refractivity contribution is -0.310. The number of carboxylic acids is 1. The van der Waals surface area contributed by atoms with Crippen LogP contribution in [0.3, 0.4) is 0 Å². The number of benzene rings is 1. The zero-order chi connectivity index (χ0) is 20.5. The van der Waals surface area contributed by atoms with E-state index in [9.17, 15) is 24.3 Å². The Labute approximate surface area is 167 Å². The molecule has 1 amide bonds. The lowest BCUT2D eigenvalue weighted by atomic mass is 9.81. The van der Waals surface area contributed by atoms with Crippen LogP contribution in [-0.2, 0) is 16.1 Å².